The lowest BCUT2D eigenvalue weighted by molar-refractivity contribution is 0.510. The fourth-order valence-electron chi connectivity index (χ4n) is 0.885. The zero-order valence-electron chi connectivity index (χ0n) is 8.97. The predicted molar refractivity (Wildman–Crippen MR) is 52.3 cm³/mol. The van der Waals surface area contributed by atoms with Gasteiger partial charge in [-0.3, -0.25) is 5.10 Å². The van der Waals surface area contributed by atoms with Gasteiger partial charge in [-0.1, -0.05) is 20.8 Å². The molecule has 0 saturated heterocycles. The summed E-state index contributed by atoms with van der Waals surface area (Å²) in [6.45, 7) is 10.0. The van der Waals surface area contributed by atoms with Crippen LogP contribution in [-0.4, -0.2) is 15.2 Å². The first-order valence-corrected chi connectivity index (χ1v) is 4.43. The molecule has 74 valence electrons. The van der Waals surface area contributed by atoms with Crippen molar-refractivity contribution in [3.8, 4) is 0 Å². The van der Waals surface area contributed by atoms with E-state index >= 15 is 0 Å². The second-order valence-electron chi connectivity index (χ2n) is 4.98. The molecule has 0 aliphatic heterocycles. The van der Waals surface area contributed by atoms with Crippen LogP contribution in [0, 0.1) is 0 Å². The highest BCUT2D eigenvalue weighted by atomic mass is 15.2. The monoisotopic (exact) mass is 182 g/mol. The molecule has 0 spiro atoms. The number of rotatable bonds is 1. The molecule has 1 aromatic heterocycles. The lowest BCUT2D eigenvalue weighted by Gasteiger charge is -2.15. The van der Waals surface area contributed by atoms with Gasteiger partial charge in [0.05, 0.1) is 5.54 Å². The van der Waals surface area contributed by atoms with Crippen molar-refractivity contribution in [3.63, 3.8) is 0 Å². The normalized spacial score (nSPS) is 13.4. The van der Waals surface area contributed by atoms with Crippen molar-refractivity contribution in [3.05, 3.63) is 11.6 Å². The summed E-state index contributed by atoms with van der Waals surface area (Å²) in [6.07, 6.45) is 0. The van der Waals surface area contributed by atoms with Crippen molar-refractivity contribution < 1.29 is 0 Å². The zero-order chi connectivity index (χ0) is 10.3. The molecule has 0 fully saturated rings. The van der Waals surface area contributed by atoms with Crippen molar-refractivity contribution in [2.75, 3.05) is 0 Å². The minimum Gasteiger partial charge on any atom is -0.319 e. The van der Waals surface area contributed by atoms with E-state index in [1.165, 1.54) is 0 Å². The van der Waals surface area contributed by atoms with Crippen LogP contribution in [0.3, 0.4) is 0 Å². The van der Waals surface area contributed by atoms with Gasteiger partial charge in [0, 0.05) is 5.41 Å². The molecule has 1 rings (SSSR count). The number of H-pyrrole nitrogens is 1. The van der Waals surface area contributed by atoms with Gasteiger partial charge >= 0.3 is 0 Å². The number of aromatic nitrogens is 3. The average molecular weight is 182 g/mol. The van der Waals surface area contributed by atoms with Crippen LogP contribution in [0.15, 0.2) is 0 Å². The Labute approximate surface area is 78.9 Å². The van der Waals surface area contributed by atoms with Crippen molar-refractivity contribution in [1.29, 1.82) is 0 Å². The lowest BCUT2D eigenvalue weighted by atomic mass is 9.96. The zero-order valence-corrected chi connectivity index (χ0v) is 8.97. The van der Waals surface area contributed by atoms with Crippen molar-refractivity contribution in [2.45, 2.75) is 45.6 Å². The molecule has 13 heavy (non-hydrogen) atoms. The maximum atomic E-state index is 5.88. The smallest absolute Gasteiger partial charge is 0.156 e. The van der Waals surface area contributed by atoms with Crippen LogP contribution in [0.5, 0.6) is 0 Å². The largest absolute Gasteiger partial charge is 0.319 e. The Hall–Kier alpha value is -0.900. The molecule has 3 N–H and O–H groups in total. The Morgan fingerprint density at radius 1 is 1.15 bits per heavy atom. The number of nitrogens with one attached hydrogen (secondary N) is 1. The molecule has 0 aliphatic rings. The molecule has 0 radical (unpaired) electrons. The third kappa shape index (κ3) is 2.28. The van der Waals surface area contributed by atoms with E-state index in [4.69, 9.17) is 5.73 Å². The van der Waals surface area contributed by atoms with Gasteiger partial charge in [-0.15, -0.1) is 0 Å². The second kappa shape index (κ2) is 2.80. The molecule has 0 aliphatic carbocycles. The predicted octanol–water partition coefficient (Wildman–Crippen LogP) is 1.30. The van der Waals surface area contributed by atoms with Gasteiger partial charge in [0.15, 0.2) is 5.82 Å². The first-order valence-electron chi connectivity index (χ1n) is 4.43. The Kier molecular flexibility index (Phi) is 2.20. The van der Waals surface area contributed by atoms with Gasteiger partial charge in [-0.25, -0.2) is 4.98 Å². The van der Waals surface area contributed by atoms with Crippen molar-refractivity contribution in [2.24, 2.45) is 5.73 Å². The molecule has 4 heteroatoms. The fourth-order valence-corrected chi connectivity index (χ4v) is 0.885. The Morgan fingerprint density at radius 2 is 1.69 bits per heavy atom. The third-order valence-corrected chi connectivity index (χ3v) is 1.77. The number of hydrogen-bond acceptors (Lipinski definition) is 3. The van der Waals surface area contributed by atoms with Crippen molar-refractivity contribution >= 4 is 0 Å². The van der Waals surface area contributed by atoms with Gasteiger partial charge in [0.1, 0.15) is 5.82 Å². The third-order valence-electron chi connectivity index (χ3n) is 1.77. The molecule has 0 bridgehead atoms. The van der Waals surface area contributed by atoms with E-state index in [9.17, 15) is 0 Å². The standard InChI is InChI=1S/C9H18N4/c1-8(2,3)6-11-7(13-12-6)9(4,5)10/h10H2,1-5H3,(H,11,12,13). The maximum absolute atomic E-state index is 5.88. The van der Waals surface area contributed by atoms with Crippen LogP contribution < -0.4 is 5.73 Å². The highest BCUT2D eigenvalue weighted by Crippen LogP contribution is 2.20. The topological polar surface area (TPSA) is 67.6 Å². The van der Waals surface area contributed by atoms with Gasteiger partial charge in [-0.2, -0.15) is 5.10 Å². The van der Waals surface area contributed by atoms with E-state index in [0.29, 0.717) is 0 Å². The fraction of sp³-hybridized carbons (Fsp3) is 0.778. The molecule has 0 aromatic carbocycles. The quantitative estimate of drug-likeness (QED) is 0.687. The van der Waals surface area contributed by atoms with Crippen molar-refractivity contribution in [1.82, 2.24) is 15.2 Å². The molecule has 0 atom stereocenters. The summed E-state index contributed by atoms with van der Waals surface area (Å²) in [6, 6.07) is 0. The number of hydrogen-bond donors (Lipinski definition) is 2. The summed E-state index contributed by atoms with van der Waals surface area (Å²) in [5, 5.41) is 7.00. The Morgan fingerprint density at radius 3 is 1.92 bits per heavy atom. The summed E-state index contributed by atoms with van der Waals surface area (Å²) < 4.78 is 0. The number of nitrogens with zero attached hydrogens (tertiary/aromatic N) is 2. The molecule has 0 unspecified atom stereocenters. The first kappa shape index (κ1) is 10.2. The van der Waals surface area contributed by atoms with Crippen LogP contribution in [-0.2, 0) is 11.0 Å². The Bertz CT molecular complexity index is 259. The SMILES string of the molecule is CC(C)(C)c1n[nH]c(C(C)(C)N)n1. The van der Waals surface area contributed by atoms with Gasteiger partial charge < -0.3 is 5.73 Å². The van der Waals surface area contributed by atoms with Crippen LogP contribution >= 0.6 is 0 Å². The lowest BCUT2D eigenvalue weighted by Crippen LogP contribution is -2.30. The maximum Gasteiger partial charge on any atom is 0.156 e. The summed E-state index contributed by atoms with van der Waals surface area (Å²) >= 11 is 0. The van der Waals surface area contributed by atoms with E-state index in [0.717, 1.165) is 11.6 Å². The van der Waals surface area contributed by atoms with Gasteiger partial charge in [0.25, 0.3) is 0 Å². The summed E-state index contributed by atoms with van der Waals surface area (Å²) in [4.78, 5) is 4.36. The second-order valence-corrected chi connectivity index (χ2v) is 4.98. The van der Waals surface area contributed by atoms with E-state index in [-0.39, 0.29) is 5.41 Å². The van der Waals surface area contributed by atoms with E-state index in [1.54, 1.807) is 0 Å². The van der Waals surface area contributed by atoms with E-state index in [1.807, 2.05) is 13.8 Å². The summed E-state index contributed by atoms with van der Waals surface area (Å²) in [7, 11) is 0. The van der Waals surface area contributed by atoms with Gasteiger partial charge in [-0.05, 0) is 13.8 Å². The molecular weight excluding hydrogens is 164 g/mol. The minimum atomic E-state index is -0.448. The minimum absolute atomic E-state index is 0.0278. The number of aromatic amines is 1. The Balaban J connectivity index is 3.01. The molecule has 0 amide bonds. The molecule has 4 nitrogen and oxygen atoms in total. The first-order chi connectivity index (χ1) is 5.71. The molecule has 0 saturated carbocycles. The van der Waals surface area contributed by atoms with E-state index < -0.39 is 5.54 Å². The van der Waals surface area contributed by atoms with Gasteiger partial charge in [0.2, 0.25) is 0 Å². The molecule has 1 aromatic rings. The molecule has 1 heterocycles. The highest BCUT2D eigenvalue weighted by Gasteiger charge is 2.24. The van der Waals surface area contributed by atoms with Crippen LogP contribution in [0.2, 0.25) is 0 Å². The van der Waals surface area contributed by atoms with E-state index in [2.05, 4.69) is 36.0 Å². The highest BCUT2D eigenvalue weighted by molar-refractivity contribution is 5.06. The van der Waals surface area contributed by atoms with Crippen LogP contribution in [0.4, 0.5) is 0 Å². The van der Waals surface area contributed by atoms with Crippen LogP contribution in [0.1, 0.15) is 46.3 Å². The molecular formula is C9H18N4. The van der Waals surface area contributed by atoms with Crippen LogP contribution in [0.25, 0.3) is 0 Å². The summed E-state index contributed by atoms with van der Waals surface area (Å²) in [5.74, 6) is 1.54. The number of nitrogens with two attached hydrogens (primary N) is 1. The summed E-state index contributed by atoms with van der Waals surface area (Å²) in [5.41, 5.74) is 5.40. The average Bonchev–Trinajstić information content (AvgIpc) is 2.28.